The third-order valence-electron chi connectivity index (χ3n) is 3.65. The lowest BCUT2D eigenvalue weighted by Gasteiger charge is -2.16. The maximum absolute atomic E-state index is 13.1. The minimum Gasteiger partial charge on any atom is -0.478 e. The zero-order chi connectivity index (χ0) is 22.3. The molecule has 0 fully saturated rings. The monoisotopic (exact) mass is 438 g/mol. The zero-order valence-corrected chi connectivity index (χ0v) is 16.4. The number of para-hydroxylation sites is 1. The summed E-state index contributed by atoms with van der Waals surface area (Å²) >= 11 is 1.09. The van der Waals surface area contributed by atoms with Crippen LogP contribution < -0.4 is 10.6 Å². The molecule has 2 aromatic carbocycles. The van der Waals surface area contributed by atoms with Crippen molar-refractivity contribution < 1.29 is 32.7 Å². The van der Waals surface area contributed by atoms with Gasteiger partial charge in [-0.3, -0.25) is 9.59 Å². The molecule has 1 unspecified atom stereocenters. The molecule has 0 radical (unpaired) electrons. The van der Waals surface area contributed by atoms with Crippen molar-refractivity contribution in [2.75, 3.05) is 10.6 Å². The van der Waals surface area contributed by atoms with Crippen LogP contribution >= 0.6 is 11.8 Å². The molecule has 0 aliphatic rings. The van der Waals surface area contributed by atoms with Crippen molar-refractivity contribution in [1.29, 1.82) is 0 Å². The largest absolute Gasteiger partial charge is 0.478 e. The van der Waals surface area contributed by atoms with Gasteiger partial charge in [-0.2, -0.15) is 13.2 Å². The van der Waals surface area contributed by atoms with Gasteiger partial charge in [0.2, 0.25) is 11.8 Å². The van der Waals surface area contributed by atoms with Crippen molar-refractivity contribution in [3.63, 3.8) is 0 Å². The Morgan fingerprint density at radius 2 is 1.73 bits per heavy atom. The third-order valence-corrected chi connectivity index (χ3v) is 4.75. The molecule has 10 heteroatoms. The van der Waals surface area contributed by atoms with Gasteiger partial charge in [-0.25, -0.2) is 4.79 Å². The topological polar surface area (TPSA) is 95.5 Å². The van der Waals surface area contributed by atoms with Crippen LogP contribution in [0, 0.1) is 0 Å². The Kier molecular flexibility index (Phi) is 7.65. The van der Waals surface area contributed by atoms with Crippen molar-refractivity contribution in [3.05, 3.63) is 66.2 Å². The van der Waals surface area contributed by atoms with Crippen LogP contribution in [-0.2, 0) is 20.6 Å². The highest BCUT2D eigenvalue weighted by molar-refractivity contribution is 8.00. The first-order chi connectivity index (χ1) is 14.1. The van der Waals surface area contributed by atoms with Crippen LogP contribution in [0.25, 0.3) is 0 Å². The van der Waals surface area contributed by atoms with Gasteiger partial charge in [-0.15, -0.1) is 11.8 Å². The van der Waals surface area contributed by atoms with Gasteiger partial charge in [0.05, 0.1) is 16.5 Å². The van der Waals surface area contributed by atoms with Crippen LogP contribution in [0.15, 0.2) is 65.6 Å². The van der Waals surface area contributed by atoms with Crippen molar-refractivity contribution in [1.82, 2.24) is 0 Å². The maximum atomic E-state index is 13.1. The standard InChI is InChI=1S/C20H17F3N2O4S/c1-12(19(29)25-16-8-3-2-7-15(16)20(21,22)23)30-14-6-4-5-13(11-14)24-17(26)9-10-18(27)28/h2-12H,1H3,(H,24,26)(H,25,29)(H,27,28)/b10-9+. The van der Waals surface area contributed by atoms with E-state index < -0.39 is 34.8 Å². The van der Waals surface area contributed by atoms with Gasteiger partial charge in [0.15, 0.2) is 0 Å². The van der Waals surface area contributed by atoms with Gasteiger partial charge in [0.25, 0.3) is 0 Å². The van der Waals surface area contributed by atoms with E-state index in [2.05, 4.69) is 10.6 Å². The summed E-state index contributed by atoms with van der Waals surface area (Å²) in [5.74, 6) is -2.52. The van der Waals surface area contributed by atoms with E-state index in [-0.39, 0.29) is 5.69 Å². The number of halogens is 3. The normalized spacial score (nSPS) is 12.4. The number of carboxylic acids is 1. The number of hydrogen-bond donors (Lipinski definition) is 3. The number of carbonyl (C=O) groups is 3. The SMILES string of the molecule is CC(Sc1cccc(NC(=O)/C=C/C(=O)O)c1)C(=O)Nc1ccccc1C(F)(F)F. The minimum absolute atomic E-state index is 0.325. The average molecular weight is 438 g/mol. The summed E-state index contributed by atoms with van der Waals surface area (Å²) in [5.41, 5.74) is -0.890. The maximum Gasteiger partial charge on any atom is 0.418 e. The molecule has 2 aromatic rings. The Balaban J connectivity index is 2.04. The van der Waals surface area contributed by atoms with Crippen molar-refractivity contribution in [3.8, 4) is 0 Å². The molecule has 0 bridgehead atoms. The van der Waals surface area contributed by atoms with Crippen LogP contribution in [0.2, 0.25) is 0 Å². The van der Waals surface area contributed by atoms with Gasteiger partial charge in [0, 0.05) is 22.7 Å². The van der Waals surface area contributed by atoms with Gasteiger partial charge in [-0.05, 0) is 37.3 Å². The van der Waals surface area contributed by atoms with E-state index in [9.17, 15) is 27.6 Å². The first kappa shape index (κ1) is 23.0. The van der Waals surface area contributed by atoms with Crippen molar-refractivity contribution >= 4 is 40.9 Å². The van der Waals surface area contributed by atoms with Crippen LogP contribution in [0.3, 0.4) is 0 Å². The molecule has 30 heavy (non-hydrogen) atoms. The molecule has 6 nitrogen and oxygen atoms in total. The van der Waals surface area contributed by atoms with E-state index in [0.717, 1.165) is 23.9 Å². The van der Waals surface area contributed by atoms with E-state index in [0.29, 0.717) is 16.7 Å². The summed E-state index contributed by atoms with van der Waals surface area (Å²) in [5, 5.41) is 12.6. The smallest absolute Gasteiger partial charge is 0.418 e. The minimum atomic E-state index is -4.60. The predicted octanol–water partition coefficient (Wildman–Crippen LogP) is 4.40. The van der Waals surface area contributed by atoms with Crippen LogP contribution in [0.1, 0.15) is 12.5 Å². The number of anilines is 2. The number of aliphatic carboxylic acids is 1. The lowest BCUT2D eigenvalue weighted by Crippen LogP contribution is -2.24. The molecule has 0 heterocycles. The molecule has 0 aliphatic carbocycles. The fraction of sp³-hybridized carbons (Fsp3) is 0.150. The number of amides is 2. The summed E-state index contributed by atoms with van der Waals surface area (Å²) in [7, 11) is 0. The molecule has 3 N–H and O–H groups in total. The van der Waals surface area contributed by atoms with Gasteiger partial charge in [0.1, 0.15) is 0 Å². The number of benzene rings is 2. The molecule has 0 aromatic heterocycles. The Labute approximate surface area is 174 Å². The summed E-state index contributed by atoms with van der Waals surface area (Å²) < 4.78 is 39.2. The molecule has 2 rings (SSSR count). The molecule has 0 spiro atoms. The summed E-state index contributed by atoms with van der Waals surface area (Å²) in [6.45, 7) is 1.54. The first-order valence-electron chi connectivity index (χ1n) is 8.52. The van der Waals surface area contributed by atoms with Crippen molar-refractivity contribution in [2.24, 2.45) is 0 Å². The number of rotatable bonds is 7. The molecular formula is C20H17F3N2O4S. The van der Waals surface area contributed by atoms with E-state index >= 15 is 0 Å². The van der Waals surface area contributed by atoms with E-state index in [1.54, 1.807) is 24.3 Å². The van der Waals surface area contributed by atoms with Gasteiger partial charge < -0.3 is 15.7 Å². The highest BCUT2D eigenvalue weighted by atomic mass is 32.2. The summed E-state index contributed by atoms with van der Waals surface area (Å²) in [4.78, 5) is 35.0. The predicted molar refractivity (Wildman–Crippen MR) is 107 cm³/mol. The second-order valence-corrected chi connectivity index (χ2v) is 7.40. The zero-order valence-electron chi connectivity index (χ0n) is 15.6. The lowest BCUT2D eigenvalue weighted by molar-refractivity contribution is -0.137. The number of carbonyl (C=O) groups excluding carboxylic acids is 2. The second kappa shape index (κ2) is 9.97. The Hall–Kier alpha value is -3.27. The number of thioether (sulfide) groups is 1. The Morgan fingerprint density at radius 3 is 2.40 bits per heavy atom. The fourth-order valence-corrected chi connectivity index (χ4v) is 3.24. The number of carboxylic acid groups (broad SMARTS) is 1. The summed E-state index contributed by atoms with van der Waals surface area (Å²) in [6, 6.07) is 11.1. The number of alkyl halides is 3. The Morgan fingerprint density at radius 1 is 1.03 bits per heavy atom. The van der Waals surface area contributed by atoms with Crippen molar-refractivity contribution in [2.45, 2.75) is 23.2 Å². The molecule has 2 amide bonds. The quantitative estimate of drug-likeness (QED) is 0.440. The fourth-order valence-electron chi connectivity index (χ4n) is 2.31. The highest BCUT2D eigenvalue weighted by Crippen LogP contribution is 2.35. The molecule has 0 saturated heterocycles. The second-order valence-electron chi connectivity index (χ2n) is 5.98. The van der Waals surface area contributed by atoms with Crippen LogP contribution in [0.5, 0.6) is 0 Å². The molecule has 1 atom stereocenters. The van der Waals surface area contributed by atoms with E-state index in [4.69, 9.17) is 5.11 Å². The first-order valence-corrected chi connectivity index (χ1v) is 9.40. The Bertz CT molecular complexity index is 977. The average Bonchev–Trinajstić information content (AvgIpc) is 2.66. The number of nitrogens with one attached hydrogen (secondary N) is 2. The van der Waals surface area contributed by atoms with Crippen LogP contribution in [0.4, 0.5) is 24.5 Å². The van der Waals surface area contributed by atoms with E-state index in [1.165, 1.54) is 25.1 Å². The molecule has 0 saturated carbocycles. The van der Waals surface area contributed by atoms with Crippen LogP contribution in [-0.4, -0.2) is 28.1 Å². The van der Waals surface area contributed by atoms with E-state index in [1.807, 2.05) is 0 Å². The highest BCUT2D eigenvalue weighted by Gasteiger charge is 2.33. The number of hydrogen-bond acceptors (Lipinski definition) is 4. The third kappa shape index (κ3) is 6.96. The summed E-state index contributed by atoms with van der Waals surface area (Å²) in [6.07, 6.45) is -3.04. The molecule has 158 valence electrons. The molecule has 0 aliphatic heterocycles. The van der Waals surface area contributed by atoms with Gasteiger partial charge in [-0.1, -0.05) is 18.2 Å². The van der Waals surface area contributed by atoms with Gasteiger partial charge >= 0.3 is 12.1 Å². The molecular weight excluding hydrogens is 421 g/mol. The lowest BCUT2D eigenvalue weighted by atomic mass is 10.1.